The fourth-order valence-corrected chi connectivity index (χ4v) is 3.08. The van der Waals surface area contributed by atoms with E-state index in [2.05, 4.69) is 24.1 Å². The lowest BCUT2D eigenvalue weighted by molar-refractivity contribution is -0.139. The molecule has 1 aromatic carbocycles. The first kappa shape index (κ1) is 24.4. The predicted molar refractivity (Wildman–Crippen MR) is 97.2 cm³/mol. The predicted octanol–water partition coefficient (Wildman–Crippen LogP) is 5.07. The highest BCUT2D eigenvalue weighted by Crippen LogP contribution is 2.39. The molecule has 1 heterocycles. The zero-order chi connectivity index (χ0) is 17.0. The Kier molecular flexibility index (Phi) is 10.3. The van der Waals surface area contributed by atoms with Crippen LogP contribution in [-0.4, -0.2) is 31.1 Å². The Hall–Kier alpha value is -0.560. The van der Waals surface area contributed by atoms with E-state index in [9.17, 15) is 17.6 Å². The van der Waals surface area contributed by atoms with Crippen LogP contribution in [0.25, 0.3) is 0 Å². The molecule has 2 rings (SSSR count). The minimum absolute atomic E-state index is 0. The van der Waals surface area contributed by atoms with Crippen molar-refractivity contribution in [1.29, 1.82) is 0 Å². The van der Waals surface area contributed by atoms with Crippen molar-refractivity contribution in [2.75, 3.05) is 26.2 Å². The van der Waals surface area contributed by atoms with Gasteiger partial charge in [0, 0.05) is 32.2 Å². The Bertz CT molecular complexity index is 518. The number of benzene rings is 1. The summed E-state index contributed by atoms with van der Waals surface area (Å²) in [7, 11) is 0. The Labute approximate surface area is 159 Å². The van der Waals surface area contributed by atoms with Gasteiger partial charge in [-0.2, -0.15) is 13.2 Å². The van der Waals surface area contributed by atoms with E-state index in [1.165, 1.54) is 6.07 Å². The average molecular weight is 405 g/mol. The fraction of sp³-hybridized carbons (Fsp3) is 0.647. The topological polar surface area (TPSA) is 15.3 Å². The summed E-state index contributed by atoms with van der Waals surface area (Å²) in [5.41, 5.74) is -0.647. The molecule has 1 aliphatic rings. The standard InChI is InChI=1S/C17H24F4N2.2ClH/c1-12(2)3-6-16(23-9-7-22-8-10-23)14-5-4-13(18)11-15(14)17(19,20)21;;/h4-5,11-12,16,22H,3,6-10H2,1-2H3;2*1H/t16-;;/m0../s1. The summed E-state index contributed by atoms with van der Waals surface area (Å²) in [6.07, 6.45) is -3.06. The lowest BCUT2D eigenvalue weighted by atomic mass is 9.92. The number of nitrogens with zero attached hydrogens (tertiary/aromatic N) is 1. The summed E-state index contributed by atoms with van der Waals surface area (Å²) in [5, 5.41) is 3.22. The number of halogens is 6. The zero-order valence-corrected chi connectivity index (χ0v) is 16.0. The summed E-state index contributed by atoms with van der Waals surface area (Å²) < 4.78 is 53.4. The normalized spacial score (nSPS) is 16.9. The van der Waals surface area contributed by atoms with Crippen molar-refractivity contribution >= 4 is 24.8 Å². The highest BCUT2D eigenvalue weighted by atomic mass is 35.5. The molecule has 8 heteroatoms. The lowest BCUT2D eigenvalue weighted by Gasteiger charge is -2.36. The average Bonchev–Trinajstić information content (AvgIpc) is 2.48. The SMILES string of the molecule is CC(C)CC[C@@H](c1ccc(F)cc1C(F)(F)F)N1CCNCC1.Cl.Cl. The molecule has 0 amide bonds. The van der Waals surface area contributed by atoms with Crippen molar-refractivity contribution < 1.29 is 17.6 Å². The van der Waals surface area contributed by atoms with Gasteiger partial charge in [-0.15, -0.1) is 24.8 Å². The molecule has 2 nitrogen and oxygen atoms in total. The smallest absolute Gasteiger partial charge is 0.314 e. The molecule has 1 N–H and O–H groups in total. The summed E-state index contributed by atoms with van der Waals surface area (Å²) in [4.78, 5) is 2.08. The van der Waals surface area contributed by atoms with Gasteiger partial charge in [-0.05, 0) is 36.5 Å². The van der Waals surface area contributed by atoms with E-state index in [1.807, 2.05) is 0 Å². The van der Waals surface area contributed by atoms with Crippen molar-refractivity contribution in [2.45, 2.75) is 38.9 Å². The van der Waals surface area contributed by atoms with E-state index >= 15 is 0 Å². The van der Waals surface area contributed by atoms with Crippen LogP contribution >= 0.6 is 24.8 Å². The molecule has 146 valence electrons. The second-order valence-corrected chi connectivity index (χ2v) is 6.50. The molecular formula is C17H26Cl2F4N2. The van der Waals surface area contributed by atoms with Crippen LogP contribution in [0.4, 0.5) is 17.6 Å². The highest BCUT2D eigenvalue weighted by Gasteiger charge is 2.37. The third kappa shape index (κ3) is 6.93. The minimum atomic E-state index is -4.54. The number of alkyl halides is 3. The van der Waals surface area contributed by atoms with E-state index < -0.39 is 17.6 Å². The second-order valence-electron chi connectivity index (χ2n) is 6.50. The quantitative estimate of drug-likeness (QED) is 0.689. The number of hydrogen-bond acceptors (Lipinski definition) is 2. The molecule has 1 saturated heterocycles. The van der Waals surface area contributed by atoms with Gasteiger partial charge in [0.15, 0.2) is 0 Å². The fourth-order valence-electron chi connectivity index (χ4n) is 3.08. The van der Waals surface area contributed by atoms with Crippen LogP contribution in [0.5, 0.6) is 0 Å². The van der Waals surface area contributed by atoms with E-state index in [-0.39, 0.29) is 36.4 Å². The Morgan fingerprint density at radius 1 is 1.08 bits per heavy atom. The molecule has 0 unspecified atom stereocenters. The van der Waals surface area contributed by atoms with Gasteiger partial charge in [0.25, 0.3) is 0 Å². The van der Waals surface area contributed by atoms with Crippen molar-refractivity contribution in [3.05, 3.63) is 35.1 Å². The Morgan fingerprint density at radius 3 is 2.20 bits per heavy atom. The van der Waals surface area contributed by atoms with Crippen LogP contribution < -0.4 is 5.32 Å². The molecule has 0 saturated carbocycles. The second kappa shape index (κ2) is 10.6. The lowest BCUT2D eigenvalue weighted by Crippen LogP contribution is -2.45. The van der Waals surface area contributed by atoms with Crippen LogP contribution in [0.2, 0.25) is 0 Å². The highest BCUT2D eigenvalue weighted by molar-refractivity contribution is 5.85. The monoisotopic (exact) mass is 404 g/mol. The largest absolute Gasteiger partial charge is 0.416 e. The number of nitrogens with one attached hydrogen (secondary N) is 1. The molecule has 0 radical (unpaired) electrons. The molecule has 0 aliphatic carbocycles. The van der Waals surface area contributed by atoms with Gasteiger partial charge in [0.1, 0.15) is 5.82 Å². The molecule has 1 aliphatic heterocycles. The van der Waals surface area contributed by atoms with Gasteiger partial charge in [0.2, 0.25) is 0 Å². The molecule has 0 aromatic heterocycles. The van der Waals surface area contributed by atoms with Gasteiger partial charge in [-0.3, -0.25) is 4.90 Å². The maximum absolute atomic E-state index is 13.4. The molecule has 1 fully saturated rings. The molecule has 0 bridgehead atoms. The van der Waals surface area contributed by atoms with Crippen molar-refractivity contribution in [1.82, 2.24) is 10.2 Å². The maximum Gasteiger partial charge on any atom is 0.416 e. The van der Waals surface area contributed by atoms with Crippen LogP contribution in [-0.2, 0) is 6.18 Å². The van der Waals surface area contributed by atoms with Gasteiger partial charge < -0.3 is 5.32 Å². The zero-order valence-electron chi connectivity index (χ0n) is 14.4. The van der Waals surface area contributed by atoms with E-state index in [1.54, 1.807) is 0 Å². The summed E-state index contributed by atoms with van der Waals surface area (Å²) in [6, 6.07) is 2.75. The van der Waals surface area contributed by atoms with Crippen LogP contribution in [0.1, 0.15) is 43.9 Å². The minimum Gasteiger partial charge on any atom is -0.314 e. The molecule has 1 atom stereocenters. The van der Waals surface area contributed by atoms with E-state index in [0.29, 0.717) is 31.5 Å². The summed E-state index contributed by atoms with van der Waals surface area (Å²) in [5.74, 6) is -0.431. The van der Waals surface area contributed by atoms with Gasteiger partial charge in [-0.25, -0.2) is 4.39 Å². The number of hydrogen-bond donors (Lipinski definition) is 1. The van der Waals surface area contributed by atoms with E-state index in [0.717, 1.165) is 25.6 Å². The Balaban J connectivity index is 0.00000288. The van der Waals surface area contributed by atoms with Crippen LogP contribution in [0, 0.1) is 11.7 Å². The van der Waals surface area contributed by atoms with Gasteiger partial charge in [-0.1, -0.05) is 19.9 Å². The van der Waals surface area contributed by atoms with Crippen LogP contribution in [0.15, 0.2) is 18.2 Å². The van der Waals surface area contributed by atoms with Crippen molar-refractivity contribution in [2.24, 2.45) is 5.92 Å². The molecule has 25 heavy (non-hydrogen) atoms. The first-order valence-corrected chi connectivity index (χ1v) is 8.10. The first-order valence-electron chi connectivity index (χ1n) is 8.10. The van der Waals surface area contributed by atoms with Crippen molar-refractivity contribution in [3.63, 3.8) is 0 Å². The van der Waals surface area contributed by atoms with Crippen molar-refractivity contribution in [3.8, 4) is 0 Å². The summed E-state index contributed by atoms with van der Waals surface area (Å²) in [6.45, 7) is 7.06. The molecule has 0 spiro atoms. The van der Waals surface area contributed by atoms with Gasteiger partial charge >= 0.3 is 6.18 Å². The number of rotatable bonds is 5. The first-order chi connectivity index (χ1) is 10.8. The third-order valence-corrected chi connectivity index (χ3v) is 4.29. The summed E-state index contributed by atoms with van der Waals surface area (Å²) >= 11 is 0. The van der Waals surface area contributed by atoms with E-state index in [4.69, 9.17) is 0 Å². The van der Waals surface area contributed by atoms with Crippen LogP contribution in [0.3, 0.4) is 0 Å². The third-order valence-electron chi connectivity index (χ3n) is 4.29. The Morgan fingerprint density at radius 2 is 1.68 bits per heavy atom. The number of piperazine rings is 1. The molecule has 1 aromatic rings. The van der Waals surface area contributed by atoms with Gasteiger partial charge in [0.05, 0.1) is 5.56 Å². The maximum atomic E-state index is 13.4. The molecular weight excluding hydrogens is 379 g/mol.